The minimum absolute atomic E-state index is 0.290. The first-order valence-corrected chi connectivity index (χ1v) is 10.7. The van der Waals surface area contributed by atoms with Gasteiger partial charge in [-0.2, -0.15) is 0 Å². The van der Waals surface area contributed by atoms with Crippen molar-refractivity contribution in [1.29, 1.82) is 0 Å². The van der Waals surface area contributed by atoms with E-state index < -0.39 is 0 Å². The van der Waals surface area contributed by atoms with Gasteiger partial charge in [-0.15, -0.1) is 0 Å². The Kier molecular flexibility index (Phi) is 4.73. The van der Waals surface area contributed by atoms with Crippen molar-refractivity contribution in [2.24, 2.45) is 0 Å². The lowest BCUT2D eigenvalue weighted by Crippen LogP contribution is -2.24. The van der Waals surface area contributed by atoms with Crippen LogP contribution in [0.2, 0.25) is 0 Å². The molecular weight excluding hydrogens is 319 g/mol. The van der Waals surface area contributed by atoms with E-state index in [-0.39, 0.29) is 7.92 Å². The van der Waals surface area contributed by atoms with Gasteiger partial charge in [-0.3, -0.25) is 0 Å². The van der Waals surface area contributed by atoms with Crippen molar-refractivity contribution in [2.45, 2.75) is 37.0 Å². The Hall–Kier alpha value is -1.91. The Morgan fingerprint density at radius 3 is 1.96 bits per heavy atom. The third kappa shape index (κ3) is 2.94. The summed E-state index contributed by atoms with van der Waals surface area (Å²) in [6.45, 7) is 2.39. The molecule has 25 heavy (non-hydrogen) atoms. The first-order chi connectivity index (χ1) is 12.3. The molecule has 1 heteroatoms. The Morgan fingerprint density at radius 2 is 1.36 bits per heavy atom. The Bertz CT molecular complexity index is 797. The molecule has 0 unspecified atom stereocenters. The van der Waals surface area contributed by atoms with Gasteiger partial charge in [-0.05, 0) is 35.7 Å². The van der Waals surface area contributed by atoms with Crippen molar-refractivity contribution in [3.63, 3.8) is 0 Å². The summed E-state index contributed by atoms with van der Waals surface area (Å²) in [5, 5.41) is 1.84. The second-order valence-corrected chi connectivity index (χ2v) is 9.66. The molecule has 0 saturated carbocycles. The molecule has 3 aromatic rings. The van der Waals surface area contributed by atoms with Crippen LogP contribution in [0, 0.1) is 0 Å². The molecule has 0 spiro atoms. The normalized spacial score (nSPS) is 25.8. The van der Waals surface area contributed by atoms with E-state index >= 15 is 0 Å². The molecule has 3 atom stereocenters. The van der Waals surface area contributed by atoms with E-state index in [0.29, 0.717) is 10.8 Å². The fraction of sp³-hybridized carbons (Fsp3) is 0.250. The average molecular weight is 344 g/mol. The highest BCUT2D eigenvalue weighted by Crippen LogP contribution is 2.73. The highest BCUT2D eigenvalue weighted by molar-refractivity contribution is 7.67. The van der Waals surface area contributed by atoms with Crippen LogP contribution >= 0.6 is 7.92 Å². The molecule has 0 bridgehead atoms. The van der Waals surface area contributed by atoms with Crippen molar-refractivity contribution >= 4 is 13.2 Å². The zero-order chi connectivity index (χ0) is 17.1. The lowest BCUT2D eigenvalue weighted by atomic mass is 9.90. The van der Waals surface area contributed by atoms with Gasteiger partial charge < -0.3 is 0 Å². The minimum Gasteiger partial charge on any atom is -0.0642 e. The van der Waals surface area contributed by atoms with Crippen LogP contribution in [0.3, 0.4) is 0 Å². The van der Waals surface area contributed by atoms with Gasteiger partial charge in [-0.1, -0.05) is 106 Å². The number of hydrogen-bond acceptors (Lipinski definition) is 0. The van der Waals surface area contributed by atoms with Gasteiger partial charge >= 0.3 is 0 Å². The standard InChI is InChI=1S/C24H25P/c1-2-24(21-14-8-4-9-15-21)19-18-23(20-12-6-3-7-13-20)25(24)22-16-10-5-11-17-22/h3-17,23H,2,18-19H2,1H3/t23-,24+,25-/m0/s1. The molecular formula is C24H25P. The smallest absolute Gasteiger partial charge is 0.0198 e. The van der Waals surface area contributed by atoms with Crippen molar-refractivity contribution < 1.29 is 0 Å². The van der Waals surface area contributed by atoms with Crippen LogP contribution in [0.15, 0.2) is 91.0 Å². The molecule has 0 nitrogen and oxygen atoms in total. The summed E-state index contributed by atoms with van der Waals surface area (Å²) in [4.78, 5) is 0. The second-order valence-electron chi connectivity index (χ2n) is 6.92. The van der Waals surface area contributed by atoms with E-state index in [1.807, 2.05) is 0 Å². The molecule has 1 heterocycles. The maximum absolute atomic E-state index is 2.39. The molecule has 0 aliphatic carbocycles. The van der Waals surface area contributed by atoms with Gasteiger partial charge in [0.25, 0.3) is 0 Å². The molecule has 1 fully saturated rings. The number of hydrogen-bond donors (Lipinski definition) is 0. The van der Waals surface area contributed by atoms with Crippen LogP contribution < -0.4 is 5.30 Å². The Labute approximate surface area is 152 Å². The predicted molar refractivity (Wildman–Crippen MR) is 110 cm³/mol. The molecule has 1 aliphatic heterocycles. The van der Waals surface area contributed by atoms with E-state index in [9.17, 15) is 0 Å². The van der Waals surface area contributed by atoms with Gasteiger partial charge in [0.15, 0.2) is 0 Å². The monoisotopic (exact) mass is 344 g/mol. The molecule has 0 radical (unpaired) electrons. The average Bonchev–Trinajstić information content (AvgIpc) is 3.11. The topological polar surface area (TPSA) is 0 Å². The van der Waals surface area contributed by atoms with E-state index in [0.717, 1.165) is 0 Å². The summed E-state index contributed by atoms with van der Waals surface area (Å²) in [7, 11) is -0.304. The van der Waals surface area contributed by atoms with Gasteiger partial charge in [0, 0.05) is 10.8 Å². The van der Waals surface area contributed by atoms with Crippen LogP contribution in [0.1, 0.15) is 43.0 Å². The molecule has 4 rings (SSSR count). The lowest BCUT2D eigenvalue weighted by Gasteiger charge is -2.38. The number of rotatable bonds is 4. The second kappa shape index (κ2) is 7.14. The Morgan fingerprint density at radius 1 is 0.800 bits per heavy atom. The molecule has 126 valence electrons. The summed E-state index contributed by atoms with van der Waals surface area (Å²) >= 11 is 0. The number of benzene rings is 3. The van der Waals surface area contributed by atoms with E-state index in [1.165, 1.54) is 30.4 Å². The molecule has 0 amide bonds. The SMILES string of the molecule is CC[C@]1(c2ccccc2)CC[C@@H](c2ccccc2)[P@]1c1ccccc1. The lowest BCUT2D eigenvalue weighted by molar-refractivity contribution is 0.556. The third-order valence-electron chi connectivity index (χ3n) is 5.72. The third-order valence-corrected chi connectivity index (χ3v) is 9.47. The van der Waals surface area contributed by atoms with Crippen molar-refractivity contribution in [2.75, 3.05) is 0 Å². The highest BCUT2D eigenvalue weighted by Gasteiger charge is 2.48. The van der Waals surface area contributed by atoms with Crippen LogP contribution in [-0.4, -0.2) is 0 Å². The molecule has 3 aromatic carbocycles. The largest absolute Gasteiger partial charge is 0.0642 e. The zero-order valence-electron chi connectivity index (χ0n) is 14.8. The quantitative estimate of drug-likeness (QED) is 0.466. The van der Waals surface area contributed by atoms with Crippen molar-refractivity contribution in [3.8, 4) is 0 Å². The van der Waals surface area contributed by atoms with Crippen LogP contribution in [0.4, 0.5) is 0 Å². The molecule has 0 N–H and O–H groups in total. The summed E-state index contributed by atoms with van der Waals surface area (Å²) in [6.07, 6.45) is 3.78. The first kappa shape index (κ1) is 16.6. The zero-order valence-corrected chi connectivity index (χ0v) is 15.7. The Balaban J connectivity index is 1.87. The molecule has 1 aliphatic rings. The molecule has 1 saturated heterocycles. The summed E-state index contributed by atoms with van der Waals surface area (Å²) < 4.78 is 0. The summed E-state index contributed by atoms with van der Waals surface area (Å²) in [6, 6.07) is 33.8. The molecule has 0 aromatic heterocycles. The van der Waals surface area contributed by atoms with Crippen LogP contribution in [0.25, 0.3) is 0 Å². The maximum atomic E-state index is 2.39. The summed E-state index contributed by atoms with van der Waals surface area (Å²) in [5.41, 5.74) is 3.70. The van der Waals surface area contributed by atoms with Crippen molar-refractivity contribution in [3.05, 3.63) is 102 Å². The van der Waals surface area contributed by atoms with E-state index in [1.54, 1.807) is 5.30 Å². The summed E-state index contributed by atoms with van der Waals surface area (Å²) in [5.74, 6) is 0. The maximum Gasteiger partial charge on any atom is 0.0198 e. The van der Waals surface area contributed by atoms with Crippen molar-refractivity contribution in [1.82, 2.24) is 0 Å². The van der Waals surface area contributed by atoms with E-state index in [4.69, 9.17) is 0 Å². The first-order valence-electron chi connectivity index (χ1n) is 9.30. The predicted octanol–water partition coefficient (Wildman–Crippen LogP) is 6.63. The van der Waals surface area contributed by atoms with E-state index in [2.05, 4.69) is 97.9 Å². The fourth-order valence-electron chi connectivity index (χ4n) is 4.51. The van der Waals surface area contributed by atoms with Gasteiger partial charge in [0.1, 0.15) is 0 Å². The van der Waals surface area contributed by atoms with Gasteiger partial charge in [0.2, 0.25) is 0 Å². The van der Waals surface area contributed by atoms with Gasteiger partial charge in [0.05, 0.1) is 0 Å². The minimum atomic E-state index is -0.304. The van der Waals surface area contributed by atoms with Crippen LogP contribution in [0.5, 0.6) is 0 Å². The highest BCUT2D eigenvalue weighted by atomic mass is 31.1. The fourth-order valence-corrected chi connectivity index (χ4v) is 8.45. The van der Waals surface area contributed by atoms with Crippen LogP contribution in [-0.2, 0) is 5.16 Å². The van der Waals surface area contributed by atoms with Gasteiger partial charge in [-0.25, -0.2) is 0 Å².